The molecule has 8 heteroatoms. The maximum atomic E-state index is 12.0. The second-order valence-corrected chi connectivity index (χ2v) is 10.8. The number of benzene rings is 1. The average molecular weight is 487 g/mol. The highest BCUT2D eigenvalue weighted by atomic mass is 35.5. The number of carbonyl (C=O) groups excluding carboxylic acids is 1. The molecule has 1 atom stereocenters. The van der Waals surface area contributed by atoms with Gasteiger partial charge in [0.25, 0.3) is 0 Å². The van der Waals surface area contributed by atoms with Crippen LogP contribution >= 0.6 is 11.6 Å². The van der Waals surface area contributed by atoms with Gasteiger partial charge < -0.3 is 4.74 Å². The van der Waals surface area contributed by atoms with Crippen LogP contribution in [0, 0.1) is 5.92 Å². The number of aromatic nitrogens is 1. The number of piperidine rings is 1. The van der Waals surface area contributed by atoms with Crippen LogP contribution in [0.1, 0.15) is 48.1 Å². The predicted molar refractivity (Wildman–Crippen MR) is 130 cm³/mol. The smallest absolute Gasteiger partial charge is 0.330 e. The number of allylic oxidation sites excluding steroid dienone is 2. The summed E-state index contributed by atoms with van der Waals surface area (Å²) in [6, 6.07) is 9.75. The average Bonchev–Trinajstić information content (AvgIpc) is 2.91. The van der Waals surface area contributed by atoms with E-state index in [0.29, 0.717) is 24.7 Å². The van der Waals surface area contributed by atoms with Crippen LogP contribution in [-0.4, -0.2) is 49.6 Å². The normalized spacial score (nSPS) is 19.5. The molecule has 2 aromatic rings. The molecule has 1 aliphatic heterocycles. The van der Waals surface area contributed by atoms with E-state index < -0.39 is 16.0 Å². The first-order chi connectivity index (χ1) is 15.8. The number of ether oxygens (including phenoxy) is 1. The molecule has 6 nitrogen and oxygen atoms in total. The van der Waals surface area contributed by atoms with Crippen molar-refractivity contribution in [3.8, 4) is 0 Å². The number of hydrogen-bond acceptors (Lipinski definition) is 5. The van der Waals surface area contributed by atoms with E-state index in [1.165, 1.54) is 12.3 Å². The third kappa shape index (κ3) is 5.21. The van der Waals surface area contributed by atoms with Gasteiger partial charge in [0.15, 0.2) is 0 Å². The monoisotopic (exact) mass is 486 g/mol. The van der Waals surface area contributed by atoms with Crippen LogP contribution < -0.4 is 0 Å². The molecule has 0 N–H and O–H groups in total. The van der Waals surface area contributed by atoms with Crippen LogP contribution in [0.5, 0.6) is 0 Å². The largest absolute Gasteiger partial charge is 0.463 e. The summed E-state index contributed by atoms with van der Waals surface area (Å²) in [5.41, 5.74) is 4.80. The lowest BCUT2D eigenvalue weighted by molar-refractivity contribution is -0.137. The van der Waals surface area contributed by atoms with Crippen molar-refractivity contribution in [2.75, 3.05) is 26.0 Å². The van der Waals surface area contributed by atoms with Gasteiger partial charge in [-0.2, -0.15) is 0 Å². The highest BCUT2D eigenvalue weighted by molar-refractivity contribution is 7.88. The first-order valence-corrected chi connectivity index (χ1v) is 13.3. The summed E-state index contributed by atoms with van der Waals surface area (Å²) in [5.74, 6) is -0.192. The molecule has 33 heavy (non-hydrogen) atoms. The number of nitrogens with zero attached hydrogens (tertiary/aromatic N) is 2. The van der Waals surface area contributed by atoms with Crippen molar-refractivity contribution >= 4 is 39.2 Å². The van der Waals surface area contributed by atoms with Crippen LogP contribution in [0.2, 0.25) is 5.02 Å². The van der Waals surface area contributed by atoms with Gasteiger partial charge >= 0.3 is 5.97 Å². The summed E-state index contributed by atoms with van der Waals surface area (Å²) in [6.45, 7) is 3.07. The minimum Gasteiger partial charge on any atom is -0.463 e. The minimum atomic E-state index is -3.21. The highest BCUT2D eigenvalue weighted by Gasteiger charge is 2.35. The van der Waals surface area contributed by atoms with Crippen molar-refractivity contribution in [1.82, 2.24) is 9.29 Å². The summed E-state index contributed by atoms with van der Waals surface area (Å²) in [4.78, 5) is 16.8. The Morgan fingerprint density at radius 2 is 2.03 bits per heavy atom. The lowest BCUT2D eigenvalue weighted by Gasteiger charge is -2.35. The fraction of sp³-hybridized carbons (Fsp3) is 0.360. The molecular formula is C25H27ClN2O4S. The Bertz CT molecular complexity index is 1210. The van der Waals surface area contributed by atoms with Gasteiger partial charge in [0.1, 0.15) is 0 Å². The first-order valence-electron chi connectivity index (χ1n) is 11.0. The van der Waals surface area contributed by atoms with E-state index in [9.17, 15) is 13.2 Å². The summed E-state index contributed by atoms with van der Waals surface area (Å²) in [7, 11) is -3.21. The third-order valence-electron chi connectivity index (χ3n) is 6.26. The fourth-order valence-corrected chi connectivity index (χ4v) is 5.81. The number of rotatable bonds is 5. The number of fused-ring (bicyclic) bond motifs is 2. The lowest BCUT2D eigenvalue weighted by atomic mass is 9.76. The molecule has 0 bridgehead atoms. The Kier molecular flexibility index (Phi) is 7.02. The SMILES string of the molecule is CCOC(=O)/C=C/C1=Cc2cc(Cl)ccc2C(C2CCN(S(C)(=O)=O)CC2)c2ncccc21. The fourth-order valence-electron chi connectivity index (χ4n) is 4.76. The van der Waals surface area contributed by atoms with Gasteiger partial charge in [-0.25, -0.2) is 17.5 Å². The summed E-state index contributed by atoms with van der Waals surface area (Å²) >= 11 is 6.35. The molecule has 2 heterocycles. The van der Waals surface area contributed by atoms with Crippen LogP contribution in [0.25, 0.3) is 11.6 Å². The van der Waals surface area contributed by atoms with Gasteiger partial charge in [0.05, 0.1) is 18.6 Å². The van der Waals surface area contributed by atoms with Crippen LogP contribution in [0.15, 0.2) is 48.7 Å². The van der Waals surface area contributed by atoms with Crippen LogP contribution in [0.3, 0.4) is 0 Å². The molecule has 0 saturated carbocycles. The van der Waals surface area contributed by atoms with Crippen molar-refractivity contribution in [2.24, 2.45) is 5.92 Å². The number of sulfonamides is 1. The van der Waals surface area contributed by atoms with Gasteiger partial charge in [0, 0.05) is 41.9 Å². The number of hydrogen-bond donors (Lipinski definition) is 0. The number of pyridine rings is 1. The van der Waals surface area contributed by atoms with Gasteiger partial charge in [-0.3, -0.25) is 4.98 Å². The topological polar surface area (TPSA) is 76.6 Å². The molecule has 0 spiro atoms. The molecule has 1 fully saturated rings. The molecule has 2 aliphatic rings. The zero-order valence-corrected chi connectivity index (χ0v) is 20.3. The van der Waals surface area contributed by atoms with Crippen molar-refractivity contribution < 1.29 is 17.9 Å². The van der Waals surface area contributed by atoms with Crippen molar-refractivity contribution in [3.05, 3.63) is 76.1 Å². The maximum absolute atomic E-state index is 12.0. The van der Waals surface area contributed by atoms with E-state index in [1.807, 2.05) is 36.4 Å². The molecule has 1 aromatic heterocycles. The summed E-state index contributed by atoms with van der Waals surface area (Å²) in [5, 5.41) is 0.628. The summed E-state index contributed by atoms with van der Waals surface area (Å²) < 4.78 is 30.6. The number of carbonyl (C=O) groups is 1. The molecule has 0 radical (unpaired) electrons. The van der Waals surface area contributed by atoms with Gasteiger partial charge in [-0.15, -0.1) is 0 Å². The van der Waals surface area contributed by atoms with E-state index in [2.05, 4.69) is 0 Å². The van der Waals surface area contributed by atoms with E-state index in [1.54, 1.807) is 23.5 Å². The second kappa shape index (κ2) is 9.79. The Balaban J connectivity index is 1.79. The lowest BCUT2D eigenvalue weighted by Crippen LogP contribution is -2.39. The molecule has 4 rings (SSSR count). The van der Waals surface area contributed by atoms with Gasteiger partial charge in [-0.1, -0.05) is 23.7 Å². The van der Waals surface area contributed by atoms with Crippen LogP contribution in [0.4, 0.5) is 0 Å². The Labute approximate surface area is 200 Å². The zero-order chi connectivity index (χ0) is 23.6. The third-order valence-corrected chi connectivity index (χ3v) is 7.80. The molecule has 1 unspecified atom stereocenters. The van der Waals surface area contributed by atoms with E-state index in [0.717, 1.165) is 40.8 Å². The molecule has 174 valence electrons. The van der Waals surface area contributed by atoms with Crippen molar-refractivity contribution in [1.29, 1.82) is 0 Å². The molecule has 1 saturated heterocycles. The highest BCUT2D eigenvalue weighted by Crippen LogP contribution is 2.45. The number of halogens is 1. The van der Waals surface area contributed by atoms with Crippen molar-refractivity contribution in [3.63, 3.8) is 0 Å². The Morgan fingerprint density at radius 1 is 1.27 bits per heavy atom. The molecule has 1 aromatic carbocycles. The van der Waals surface area contributed by atoms with Crippen LogP contribution in [-0.2, 0) is 19.6 Å². The molecule has 0 amide bonds. The standard InChI is InChI=1S/C25H27ClN2O4S/c1-3-32-23(29)9-6-18-15-19-16-20(26)7-8-21(19)24(25-22(18)5-4-12-27-25)17-10-13-28(14-11-17)33(2,30)31/h4-9,12,15-17,24H,3,10-11,13-14H2,1-2H3/b9-6+. The van der Waals surface area contributed by atoms with E-state index in [4.69, 9.17) is 21.3 Å². The van der Waals surface area contributed by atoms with Crippen molar-refractivity contribution in [2.45, 2.75) is 25.7 Å². The van der Waals surface area contributed by atoms with E-state index >= 15 is 0 Å². The van der Waals surface area contributed by atoms with Gasteiger partial charge in [0.2, 0.25) is 10.0 Å². The second-order valence-electron chi connectivity index (χ2n) is 8.37. The quantitative estimate of drug-likeness (QED) is 0.459. The Morgan fingerprint density at radius 3 is 2.73 bits per heavy atom. The zero-order valence-electron chi connectivity index (χ0n) is 18.7. The van der Waals surface area contributed by atoms with Gasteiger partial charge in [-0.05, 0) is 72.7 Å². The first kappa shape index (κ1) is 23.7. The number of esters is 1. The molecule has 1 aliphatic carbocycles. The Hall–Kier alpha value is -2.48. The maximum Gasteiger partial charge on any atom is 0.330 e. The summed E-state index contributed by atoms with van der Waals surface area (Å²) in [6.07, 6.45) is 9.75. The molecular weight excluding hydrogens is 460 g/mol. The predicted octanol–water partition coefficient (Wildman–Crippen LogP) is 4.51. The van der Waals surface area contributed by atoms with E-state index in [-0.39, 0.29) is 11.8 Å². The minimum absolute atomic E-state index is 0.0140.